The molecule has 2 nitrogen and oxygen atoms in total. The van der Waals surface area contributed by atoms with Crippen molar-refractivity contribution in [3.05, 3.63) is 35.6 Å². The molecule has 0 amide bonds. The lowest BCUT2D eigenvalue weighted by Gasteiger charge is -2.02. The number of hydrogen-bond acceptors (Lipinski definition) is 2. The maximum atomic E-state index is 13.3. The van der Waals surface area contributed by atoms with E-state index in [9.17, 15) is 8.78 Å². The first-order valence-electron chi connectivity index (χ1n) is 4.19. The number of furan rings is 1. The van der Waals surface area contributed by atoms with E-state index in [4.69, 9.17) is 9.52 Å². The van der Waals surface area contributed by atoms with Crippen LogP contribution in [-0.2, 0) is 6.42 Å². The summed E-state index contributed by atoms with van der Waals surface area (Å²) in [5, 5.41) is 9.11. The molecule has 0 aliphatic heterocycles. The van der Waals surface area contributed by atoms with E-state index in [1.54, 1.807) is 0 Å². The SMILES string of the molecule is OCCc1c(F)cc(F)c2occc12. The molecule has 0 aliphatic carbocycles. The average Bonchev–Trinajstić information content (AvgIpc) is 2.60. The zero-order chi connectivity index (χ0) is 10.1. The van der Waals surface area contributed by atoms with Gasteiger partial charge in [-0.15, -0.1) is 0 Å². The molecule has 0 unspecified atom stereocenters. The molecule has 1 heterocycles. The highest BCUT2D eigenvalue weighted by Gasteiger charge is 2.13. The van der Waals surface area contributed by atoms with Crippen LogP contribution >= 0.6 is 0 Å². The van der Waals surface area contributed by atoms with E-state index < -0.39 is 11.6 Å². The van der Waals surface area contributed by atoms with Crippen molar-refractivity contribution in [2.24, 2.45) is 0 Å². The highest BCUT2D eigenvalue weighted by molar-refractivity contribution is 5.81. The first-order valence-corrected chi connectivity index (χ1v) is 4.19. The van der Waals surface area contributed by atoms with Crippen LogP contribution in [0, 0.1) is 11.6 Å². The van der Waals surface area contributed by atoms with Crippen molar-refractivity contribution < 1.29 is 18.3 Å². The van der Waals surface area contributed by atoms with Gasteiger partial charge in [0.15, 0.2) is 11.4 Å². The van der Waals surface area contributed by atoms with Gasteiger partial charge in [-0.25, -0.2) is 8.78 Å². The monoisotopic (exact) mass is 198 g/mol. The van der Waals surface area contributed by atoms with Crippen LogP contribution in [0.1, 0.15) is 5.56 Å². The Hall–Kier alpha value is -1.42. The maximum Gasteiger partial charge on any atom is 0.169 e. The van der Waals surface area contributed by atoms with Gasteiger partial charge in [0.05, 0.1) is 6.26 Å². The third kappa shape index (κ3) is 1.28. The fourth-order valence-electron chi connectivity index (χ4n) is 1.49. The third-order valence-corrected chi connectivity index (χ3v) is 2.11. The first kappa shape index (κ1) is 9.15. The maximum absolute atomic E-state index is 13.3. The molecule has 1 aromatic carbocycles. The highest BCUT2D eigenvalue weighted by atomic mass is 19.1. The van der Waals surface area contributed by atoms with Crippen LogP contribution in [0.5, 0.6) is 0 Å². The Labute approximate surface area is 78.8 Å². The number of halogens is 2. The smallest absolute Gasteiger partial charge is 0.169 e. The van der Waals surface area contributed by atoms with E-state index in [1.807, 2.05) is 0 Å². The molecule has 0 fully saturated rings. The molecule has 0 radical (unpaired) electrons. The van der Waals surface area contributed by atoms with Gasteiger partial charge in [-0.2, -0.15) is 0 Å². The number of aliphatic hydroxyl groups is 1. The molecule has 0 bridgehead atoms. The predicted molar refractivity (Wildman–Crippen MR) is 46.9 cm³/mol. The predicted octanol–water partition coefficient (Wildman–Crippen LogP) is 2.25. The van der Waals surface area contributed by atoms with Crippen LogP contribution in [0.15, 0.2) is 22.8 Å². The van der Waals surface area contributed by atoms with E-state index in [0.29, 0.717) is 5.39 Å². The van der Waals surface area contributed by atoms with Crippen molar-refractivity contribution >= 4 is 11.0 Å². The minimum atomic E-state index is -0.718. The largest absolute Gasteiger partial charge is 0.461 e. The summed E-state index contributed by atoms with van der Waals surface area (Å²) in [5.41, 5.74) is 0.326. The molecule has 4 heteroatoms. The summed E-state index contributed by atoms with van der Waals surface area (Å²) in [6.45, 7) is -0.178. The topological polar surface area (TPSA) is 33.4 Å². The molecular weight excluding hydrogens is 190 g/mol. The van der Waals surface area contributed by atoms with Crippen molar-refractivity contribution in [3.63, 3.8) is 0 Å². The molecular formula is C10H8F2O2. The molecule has 0 spiro atoms. The zero-order valence-corrected chi connectivity index (χ0v) is 7.26. The Balaban J connectivity index is 2.73. The minimum Gasteiger partial charge on any atom is -0.461 e. The van der Waals surface area contributed by atoms with Gasteiger partial charge in [-0.05, 0) is 12.5 Å². The summed E-state index contributed by atoms with van der Waals surface area (Å²) in [5.74, 6) is -1.37. The summed E-state index contributed by atoms with van der Waals surface area (Å²) in [6.07, 6.45) is 1.45. The summed E-state index contributed by atoms with van der Waals surface area (Å²) in [4.78, 5) is 0. The molecule has 14 heavy (non-hydrogen) atoms. The molecule has 1 N–H and O–H groups in total. The molecule has 2 rings (SSSR count). The van der Waals surface area contributed by atoms with Crippen molar-refractivity contribution in [1.82, 2.24) is 0 Å². The van der Waals surface area contributed by atoms with Crippen LogP contribution in [0.2, 0.25) is 0 Å². The Bertz CT molecular complexity index is 462. The Morgan fingerprint density at radius 2 is 2.07 bits per heavy atom. The summed E-state index contributed by atoms with van der Waals surface area (Å²) in [7, 11) is 0. The van der Waals surface area contributed by atoms with Crippen molar-refractivity contribution in [3.8, 4) is 0 Å². The molecule has 0 aliphatic rings. The van der Waals surface area contributed by atoms with Crippen LogP contribution in [0.4, 0.5) is 8.78 Å². The summed E-state index contributed by atoms with van der Waals surface area (Å²) < 4.78 is 31.2. The van der Waals surface area contributed by atoms with Crippen molar-refractivity contribution in [2.45, 2.75) is 6.42 Å². The van der Waals surface area contributed by atoms with Crippen LogP contribution in [-0.4, -0.2) is 11.7 Å². The molecule has 2 aromatic rings. The fourth-order valence-corrected chi connectivity index (χ4v) is 1.49. The van der Waals surface area contributed by atoms with Gasteiger partial charge in [0, 0.05) is 23.6 Å². The van der Waals surface area contributed by atoms with Crippen LogP contribution < -0.4 is 0 Å². The van der Waals surface area contributed by atoms with Crippen LogP contribution in [0.3, 0.4) is 0 Å². The second-order valence-electron chi connectivity index (χ2n) is 2.96. The van der Waals surface area contributed by atoms with Crippen molar-refractivity contribution in [1.29, 1.82) is 0 Å². The summed E-state index contributed by atoms with van der Waals surface area (Å²) in [6, 6.07) is 2.27. The Morgan fingerprint density at radius 1 is 1.29 bits per heavy atom. The lowest BCUT2D eigenvalue weighted by atomic mass is 10.1. The number of fused-ring (bicyclic) bond motifs is 1. The molecule has 74 valence electrons. The lowest BCUT2D eigenvalue weighted by Crippen LogP contribution is -1.96. The molecule has 1 aromatic heterocycles. The number of hydrogen-bond donors (Lipinski definition) is 1. The number of aliphatic hydroxyl groups excluding tert-OH is 1. The zero-order valence-electron chi connectivity index (χ0n) is 7.26. The second-order valence-corrected chi connectivity index (χ2v) is 2.96. The Morgan fingerprint density at radius 3 is 2.79 bits per heavy atom. The quantitative estimate of drug-likeness (QED) is 0.802. The van der Waals surface area contributed by atoms with Crippen molar-refractivity contribution in [2.75, 3.05) is 6.61 Å². The molecule has 0 saturated heterocycles. The van der Waals surface area contributed by atoms with Gasteiger partial charge in [0.2, 0.25) is 0 Å². The number of benzene rings is 1. The van der Waals surface area contributed by atoms with Gasteiger partial charge >= 0.3 is 0 Å². The standard InChI is InChI=1S/C10H8F2O2/c11-8-5-9(12)10-7(2-4-14-10)6(8)1-3-13/h2,4-5,13H,1,3H2. The van der Waals surface area contributed by atoms with E-state index >= 15 is 0 Å². The summed E-state index contributed by atoms with van der Waals surface area (Å²) >= 11 is 0. The second kappa shape index (κ2) is 3.38. The van der Waals surface area contributed by atoms with Gasteiger partial charge in [0.1, 0.15) is 5.82 Å². The van der Waals surface area contributed by atoms with Gasteiger partial charge in [-0.1, -0.05) is 0 Å². The Kier molecular flexibility index (Phi) is 2.21. The van der Waals surface area contributed by atoms with E-state index in [2.05, 4.69) is 0 Å². The average molecular weight is 198 g/mol. The van der Waals surface area contributed by atoms with Crippen LogP contribution in [0.25, 0.3) is 11.0 Å². The van der Waals surface area contributed by atoms with Gasteiger partial charge in [-0.3, -0.25) is 0 Å². The van der Waals surface area contributed by atoms with E-state index in [0.717, 1.165) is 6.07 Å². The van der Waals surface area contributed by atoms with E-state index in [-0.39, 0.29) is 24.2 Å². The van der Waals surface area contributed by atoms with E-state index in [1.165, 1.54) is 12.3 Å². The normalized spacial score (nSPS) is 11.1. The first-order chi connectivity index (χ1) is 6.74. The molecule has 0 saturated carbocycles. The van der Waals surface area contributed by atoms with Gasteiger partial charge < -0.3 is 9.52 Å². The molecule has 0 atom stereocenters. The lowest BCUT2D eigenvalue weighted by molar-refractivity contribution is 0.298. The third-order valence-electron chi connectivity index (χ3n) is 2.11. The highest BCUT2D eigenvalue weighted by Crippen LogP contribution is 2.25. The number of rotatable bonds is 2. The fraction of sp³-hybridized carbons (Fsp3) is 0.200. The minimum absolute atomic E-state index is 0.0369. The van der Waals surface area contributed by atoms with Gasteiger partial charge in [0.25, 0.3) is 0 Å².